The molecule has 0 bridgehead atoms. The third-order valence-electron chi connectivity index (χ3n) is 2.48. The Morgan fingerprint density at radius 2 is 2.50 bits per heavy atom. The maximum Gasteiger partial charge on any atom is 0.224 e. The second-order valence-corrected chi connectivity index (χ2v) is 3.83. The van der Waals surface area contributed by atoms with Crippen LogP contribution in [0, 0.1) is 11.7 Å². The molecule has 0 amide bonds. The van der Waals surface area contributed by atoms with Crippen molar-refractivity contribution in [2.75, 3.05) is 5.32 Å². The number of hydrogen-bond donors (Lipinski definition) is 1. The summed E-state index contributed by atoms with van der Waals surface area (Å²) >= 11 is 5.56. The molecule has 5 heteroatoms. The molecule has 0 aromatic carbocycles. The van der Waals surface area contributed by atoms with E-state index in [1.54, 1.807) is 0 Å². The highest BCUT2D eigenvalue weighted by Gasteiger charge is 2.35. The molecule has 1 aromatic heterocycles. The van der Waals surface area contributed by atoms with Crippen LogP contribution in [0.15, 0.2) is 6.20 Å². The van der Waals surface area contributed by atoms with Crippen LogP contribution >= 0.6 is 11.6 Å². The van der Waals surface area contributed by atoms with Crippen LogP contribution in [0.1, 0.15) is 19.8 Å². The zero-order valence-corrected chi connectivity index (χ0v) is 8.55. The lowest BCUT2D eigenvalue weighted by Crippen LogP contribution is -2.08. The van der Waals surface area contributed by atoms with Gasteiger partial charge in [0.05, 0.1) is 6.20 Å². The van der Waals surface area contributed by atoms with E-state index in [4.69, 9.17) is 11.6 Å². The Hall–Kier alpha value is -0.900. The predicted molar refractivity (Wildman–Crippen MR) is 52.8 cm³/mol. The van der Waals surface area contributed by atoms with E-state index in [-0.39, 0.29) is 11.1 Å². The second kappa shape index (κ2) is 3.69. The molecule has 0 spiro atoms. The summed E-state index contributed by atoms with van der Waals surface area (Å²) in [5.74, 6) is 0.408. The SMILES string of the molecule is CCC1CC1Nc1nc(Cl)ncc1F. The molecule has 0 aliphatic heterocycles. The first-order valence-corrected chi connectivity index (χ1v) is 5.03. The molecular weight excluding hydrogens is 205 g/mol. The lowest BCUT2D eigenvalue weighted by atomic mass is 10.3. The number of nitrogens with one attached hydrogen (secondary N) is 1. The molecule has 1 aliphatic rings. The number of anilines is 1. The van der Waals surface area contributed by atoms with Crippen molar-refractivity contribution in [3.63, 3.8) is 0 Å². The normalized spacial score (nSPS) is 24.8. The summed E-state index contributed by atoms with van der Waals surface area (Å²) in [4.78, 5) is 7.34. The number of hydrogen-bond acceptors (Lipinski definition) is 3. The van der Waals surface area contributed by atoms with E-state index in [1.807, 2.05) is 0 Å². The minimum Gasteiger partial charge on any atom is -0.364 e. The van der Waals surface area contributed by atoms with Gasteiger partial charge in [0, 0.05) is 6.04 Å². The largest absolute Gasteiger partial charge is 0.364 e. The quantitative estimate of drug-likeness (QED) is 0.788. The Bertz CT molecular complexity index is 345. The maximum atomic E-state index is 13.1. The van der Waals surface area contributed by atoms with Crippen molar-refractivity contribution >= 4 is 17.4 Å². The number of nitrogens with zero attached hydrogens (tertiary/aromatic N) is 2. The topological polar surface area (TPSA) is 37.8 Å². The van der Waals surface area contributed by atoms with Gasteiger partial charge in [0.2, 0.25) is 5.28 Å². The van der Waals surface area contributed by atoms with Crippen molar-refractivity contribution in [3.05, 3.63) is 17.3 Å². The predicted octanol–water partition coefficient (Wildman–Crippen LogP) is 2.48. The van der Waals surface area contributed by atoms with Gasteiger partial charge in [-0.2, -0.15) is 4.98 Å². The Kier molecular flexibility index (Phi) is 2.54. The first-order valence-electron chi connectivity index (χ1n) is 4.65. The van der Waals surface area contributed by atoms with E-state index in [0.717, 1.165) is 19.0 Å². The molecule has 1 aromatic rings. The molecule has 2 unspecified atom stereocenters. The van der Waals surface area contributed by atoms with Crippen molar-refractivity contribution in [1.82, 2.24) is 9.97 Å². The highest BCUT2D eigenvalue weighted by Crippen LogP contribution is 2.36. The fourth-order valence-electron chi connectivity index (χ4n) is 1.50. The average molecular weight is 216 g/mol. The number of halogens is 2. The summed E-state index contributed by atoms with van der Waals surface area (Å²) in [7, 11) is 0. The van der Waals surface area contributed by atoms with Crippen LogP contribution < -0.4 is 5.32 Å². The Morgan fingerprint density at radius 1 is 1.71 bits per heavy atom. The van der Waals surface area contributed by atoms with E-state index in [1.165, 1.54) is 0 Å². The third kappa shape index (κ3) is 1.95. The summed E-state index contributed by atoms with van der Waals surface area (Å²) in [5, 5.41) is 3.09. The van der Waals surface area contributed by atoms with Gasteiger partial charge in [0.15, 0.2) is 11.6 Å². The molecule has 1 fully saturated rings. The van der Waals surface area contributed by atoms with Gasteiger partial charge in [-0.05, 0) is 23.9 Å². The Labute approximate surface area is 86.7 Å². The first kappa shape index (κ1) is 9.65. The molecule has 0 radical (unpaired) electrons. The van der Waals surface area contributed by atoms with Crippen LogP contribution in [0.2, 0.25) is 5.28 Å². The van der Waals surface area contributed by atoms with Crippen molar-refractivity contribution in [2.45, 2.75) is 25.8 Å². The van der Waals surface area contributed by atoms with E-state index < -0.39 is 5.82 Å². The van der Waals surface area contributed by atoms with Crippen LogP contribution in [-0.2, 0) is 0 Å². The number of rotatable bonds is 3. The summed E-state index contributed by atoms with van der Waals surface area (Å²) in [6, 6.07) is 0.348. The van der Waals surface area contributed by atoms with E-state index in [9.17, 15) is 4.39 Å². The summed E-state index contributed by atoms with van der Waals surface area (Å²) < 4.78 is 13.1. The molecule has 2 rings (SSSR count). The highest BCUT2D eigenvalue weighted by atomic mass is 35.5. The minimum absolute atomic E-state index is 0.0719. The van der Waals surface area contributed by atoms with Crippen molar-refractivity contribution < 1.29 is 4.39 Å². The molecule has 1 aliphatic carbocycles. The fraction of sp³-hybridized carbons (Fsp3) is 0.556. The summed E-state index contributed by atoms with van der Waals surface area (Å²) in [6.45, 7) is 2.12. The number of aromatic nitrogens is 2. The Balaban J connectivity index is 2.06. The molecule has 76 valence electrons. The van der Waals surface area contributed by atoms with Gasteiger partial charge < -0.3 is 5.32 Å². The summed E-state index contributed by atoms with van der Waals surface area (Å²) in [6.07, 6.45) is 3.27. The molecular formula is C9H11ClFN3. The molecule has 3 nitrogen and oxygen atoms in total. The first-order chi connectivity index (χ1) is 6.70. The van der Waals surface area contributed by atoms with Crippen molar-refractivity contribution in [1.29, 1.82) is 0 Å². The van der Waals surface area contributed by atoms with Gasteiger partial charge in [-0.3, -0.25) is 0 Å². The van der Waals surface area contributed by atoms with Gasteiger partial charge in [0.25, 0.3) is 0 Å². The molecule has 1 N–H and O–H groups in total. The van der Waals surface area contributed by atoms with E-state index in [2.05, 4.69) is 22.2 Å². The molecule has 1 saturated carbocycles. The van der Waals surface area contributed by atoms with Gasteiger partial charge in [-0.1, -0.05) is 13.3 Å². The van der Waals surface area contributed by atoms with E-state index >= 15 is 0 Å². The van der Waals surface area contributed by atoms with Crippen molar-refractivity contribution in [3.8, 4) is 0 Å². The molecule has 14 heavy (non-hydrogen) atoms. The van der Waals surface area contributed by atoms with Crippen LogP contribution in [-0.4, -0.2) is 16.0 Å². The fourth-order valence-corrected chi connectivity index (χ4v) is 1.63. The molecule has 0 saturated heterocycles. The summed E-state index contributed by atoms with van der Waals surface area (Å²) in [5.41, 5.74) is 0. The maximum absolute atomic E-state index is 13.1. The lowest BCUT2D eigenvalue weighted by molar-refractivity contribution is 0.615. The van der Waals surface area contributed by atoms with Crippen LogP contribution in [0.5, 0.6) is 0 Å². The van der Waals surface area contributed by atoms with Gasteiger partial charge in [0.1, 0.15) is 0 Å². The van der Waals surface area contributed by atoms with Crippen LogP contribution in [0.3, 0.4) is 0 Å². The van der Waals surface area contributed by atoms with Crippen molar-refractivity contribution in [2.24, 2.45) is 5.92 Å². The standard InChI is InChI=1S/C9H11ClFN3/c1-2-5-3-7(5)13-8-6(11)4-12-9(10)14-8/h4-5,7H,2-3H2,1H3,(H,12,13,14). The lowest BCUT2D eigenvalue weighted by Gasteiger charge is -2.04. The highest BCUT2D eigenvalue weighted by molar-refractivity contribution is 6.28. The third-order valence-corrected chi connectivity index (χ3v) is 2.67. The monoisotopic (exact) mass is 215 g/mol. The van der Waals surface area contributed by atoms with Gasteiger partial charge in [-0.25, -0.2) is 9.37 Å². The second-order valence-electron chi connectivity index (χ2n) is 3.49. The Morgan fingerprint density at radius 3 is 3.14 bits per heavy atom. The zero-order chi connectivity index (χ0) is 10.1. The minimum atomic E-state index is -0.448. The van der Waals surface area contributed by atoms with Gasteiger partial charge >= 0.3 is 0 Å². The molecule has 1 heterocycles. The molecule has 2 atom stereocenters. The zero-order valence-electron chi connectivity index (χ0n) is 7.80. The smallest absolute Gasteiger partial charge is 0.224 e. The van der Waals surface area contributed by atoms with Gasteiger partial charge in [-0.15, -0.1) is 0 Å². The average Bonchev–Trinajstić information content (AvgIpc) is 2.90. The van der Waals surface area contributed by atoms with Crippen LogP contribution in [0.25, 0.3) is 0 Å². The van der Waals surface area contributed by atoms with E-state index in [0.29, 0.717) is 12.0 Å². The van der Waals surface area contributed by atoms with Crippen LogP contribution in [0.4, 0.5) is 10.2 Å².